The molecule has 0 N–H and O–H groups in total. The first-order valence-corrected chi connectivity index (χ1v) is 11.0. The summed E-state index contributed by atoms with van der Waals surface area (Å²) in [5, 5.41) is 3.98. The minimum atomic E-state index is -3.68. The SMILES string of the molecule is COc1ccc(S(=O)(=O)Cc2ccc(-c3nc(-c4cccc(C)c4)no3)o2)cc1OC. The summed E-state index contributed by atoms with van der Waals surface area (Å²) in [5.41, 5.74) is 1.89. The lowest BCUT2D eigenvalue weighted by atomic mass is 10.1. The molecule has 0 spiro atoms. The highest BCUT2D eigenvalue weighted by Gasteiger charge is 2.21. The zero-order valence-corrected chi connectivity index (χ0v) is 18.0. The summed E-state index contributed by atoms with van der Waals surface area (Å²) in [6.45, 7) is 1.97. The molecule has 4 aromatic rings. The predicted molar refractivity (Wildman–Crippen MR) is 113 cm³/mol. The van der Waals surface area contributed by atoms with E-state index < -0.39 is 9.84 Å². The first-order valence-electron chi connectivity index (χ1n) is 9.34. The van der Waals surface area contributed by atoms with E-state index in [1.807, 2.05) is 31.2 Å². The fourth-order valence-electron chi connectivity index (χ4n) is 3.08. The zero-order valence-electron chi connectivity index (χ0n) is 17.2. The van der Waals surface area contributed by atoms with Crippen LogP contribution in [-0.2, 0) is 15.6 Å². The Kier molecular flexibility index (Phi) is 5.51. The molecule has 2 heterocycles. The van der Waals surface area contributed by atoms with Crippen LogP contribution in [0.25, 0.3) is 23.0 Å². The quantitative estimate of drug-likeness (QED) is 0.419. The van der Waals surface area contributed by atoms with Crippen molar-refractivity contribution in [1.29, 1.82) is 0 Å². The molecule has 0 fully saturated rings. The lowest BCUT2D eigenvalue weighted by Gasteiger charge is -2.09. The van der Waals surface area contributed by atoms with E-state index >= 15 is 0 Å². The number of ether oxygens (including phenoxy) is 2. The van der Waals surface area contributed by atoms with Crippen LogP contribution in [0.5, 0.6) is 11.5 Å². The number of methoxy groups -OCH3 is 2. The smallest absolute Gasteiger partial charge is 0.293 e. The Balaban J connectivity index is 1.56. The van der Waals surface area contributed by atoms with E-state index in [2.05, 4.69) is 10.1 Å². The van der Waals surface area contributed by atoms with E-state index in [9.17, 15) is 8.42 Å². The lowest BCUT2D eigenvalue weighted by molar-refractivity contribution is 0.354. The van der Waals surface area contributed by atoms with Gasteiger partial charge in [0.15, 0.2) is 27.1 Å². The van der Waals surface area contributed by atoms with Crippen LogP contribution in [0, 0.1) is 6.92 Å². The number of rotatable bonds is 7. The van der Waals surface area contributed by atoms with Crippen LogP contribution in [0.3, 0.4) is 0 Å². The normalized spacial score (nSPS) is 11.5. The zero-order chi connectivity index (χ0) is 22.0. The van der Waals surface area contributed by atoms with Gasteiger partial charge in [-0.15, -0.1) is 0 Å². The van der Waals surface area contributed by atoms with Crippen molar-refractivity contribution in [3.8, 4) is 34.5 Å². The first kappa shape index (κ1) is 20.7. The van der Waals surface area contributed by atoms with Gasteiger partial charge in [-0.25, -0.2) is 8.42 Å². The van der Waals surface area contributed by atoms with Gasteiger partial charge in [0.2, 0.25) is 5.82 Å². The molecule has 9 heteroatoms. The van der Waals surface area contributed by atoms with Crippen LogP contribution in [0.15, 0.2) is 68.4 Å². The third kappa shape index (κ3) is 4.31. The third-order valence-corrected chi connectivity index (χ3v) is 6.26. The van der Waals surface area contributed by atoms with Crippen LogP contribution in [0.4, 0.5) is 0 Å². The van der Waals surface area contributed by atoms with Gasteiger partial charge >= 0.3 is 0 Å². The number of aryl methyl sites for hydroxylation is 1. The Morgan fingerprint density at radius 3 is 2.52 bits per heavy atom. The van der Waals surface area contributed by atoms with Crippen LogP contribution in [-0.4, -0.2) is 32.8 Å². The average Bonchev–Trinajstić information content (AvgIpc) is 3.42. The van der Waals surface area contributed by atoms with Crippen LogP contribution in [0.2, 0.25) is 0 Å². The predicted octanol–water partition coefficient (Wildman–Crippen LogP) is 4.30. The van der Waals surface area contributed by atoms with E-state index in [1.54, 1.807) is 18.2 Å². The van der Waals surface area contributed by atoms with Crippen molar-refractivity contribution >= 4 is 9.84 Å². The van der Waals surface area contributed by atoms with E-state index in [0.29, 0.717) is 23.1 Å². The molecule has 0 aliphatic rings. The van der Waals surface area contributed by atoms with Crippen molar-refractivity contribution in [3.05, 3.63) is 65.9 Å². The van der Waals surface area contributed by atoms with Crippen LogP contribution < -0.4 is 9.47 Å². The van der Waals surface area contributed by atoms with Crippen LogP contribution >= 0.6 is 0 Å². The van der Waals surface area contributed by atoms with Gasteiger partial charge in [-0.1, -0.05) is 28.9 Å². The Morgan fingerprint density at radius 2 is 1.77 bits per heavy atom. The van der Waals surface area contributed by atoms with Crippen molar-refractivity contribution < 1.29 is 26.8 Å². The number of hydrogen-bond acceptors (Lipinski definition) is 8. The molecule has 0 atom stereocenters. The van der Waals surface area contributed by atoms with Gasteiger partial charge < -0.3 is 18.4 Å². The minimum absolute atomic E-state index is 0.0997. The van der Waals surface area contributed by atoms with Gasteiger partial charge in [-0.2, -0.15) is 4.98 Å². The molecule has 2 aromatic heterocycles. The summed E-state index contributed by atoms with van der Waals surface area (Å²) in [7, 11) is -0.747. The molecule has 0 aliphatic carbocycles. The summed E-state index contributed by atoms with van der Waals surface area (Å²) < 4.78 is 47.0. The van der Waals surface area contributed by atoms with E-state index in [0.717, 1.165) is 11.1 Å². The number of sulfone groups is 1. The molecular weight excluding hydrogens is 420 g/mol. The molecule has 2 aromatic carbocycles. The molecule has 0 radical (unpaired) electrons. The largest absolute Gasteiger partial charge is 0.493 e. The van der Waals surface area contributed by atoms with E-state index in [-0.39, 0.29) is 22.3 Å². The summed E-state index contributed by atoms with van der Waals surface area (Å²) in [6.07, 6.45) is 0. The number of furan rings is 1. The maximum absolute atomic E-state index is 12.8. The van der Waals surface area contributed by atoms with Gasteiger partial charge in [0, 0.05) is 11.6 Å². The molecule has 4 rings (SSSR count). The minimum Gasteiger partial charge on any atom is -0.493 e. The maximum atomic E-state index is 12.8. The lowest BCUT2D eigenvalue weighted by Crippen LogP contribution is -2.05. The second-order valence-electron chi connectivity index (χ2n) is 6.83. The number of hydrogen-bond donors (Lipinski definition) is 0. The number of aromatic nitrogens is 2. The van der Waals surface area contributed by atoms with E-state index in [1.165, 1.54) is 26.4 Å². The molecular formula is C22H20N2O6S. The average molecular weight is 440 g/mol. The molecule has 0 aliphatic heterocycles. The second-order valence-corrected chi connectivity index (χ2v) is 8.82. The molecule has 0 bridgehead atoms. The Hall–Kier alpha value is -3.59. The highest BCUT2D eigenvalue weighted by molar-refractivity contribution is 7.90. The standard InChI is InChI=1S/C22H20N2O6S/c1-14-5-4-6-15(11-14)21-23-22(30-24-21)19-9-7-16(29-19)13-31(25,26)17-8-10-18(27-2)20(12-17)28-3/h4-12H,13H2,1-3H3. The Morgan fingerprint density at radius 1 is 0.968 bits per heavy atom. The molecule has 0 unspecified atom stereocenters. The summed E-state index contributed by atoms with van der Waals surface area (Å²) in [4.78, 5) is 4.45. The molecule has 0 amide bonds. The Labute approximate surface area is 179 Å². The van der Waals surface area contributed by atoms with Crippen molar-refractivity contribution in [3.63, 3.8) is 0 Å². The summed E-state index contributed by atoms with van der Waals surface area (Å²) >= 11 is 0. The van der Waals surface area contributed by atoms with Crippen LogP contribution in [0.1, 0.15) is 11.3 Å². The molecule has 0 saturated carbocycles. The van der Waals surface area contributed by atoms with Gasteiger partial charge in [-0.05, 0) is 37.3 Å². The highest BCUT2D eigenvalue weighted by Crippen LogP contribution is 2.31. The third-order valence-electron chi connectivity index (χ3n) is 4.62. The molecule has 0 saturated heterocycles. The first-order chi connectivity index (χ1) is 14.9. The number of benzene rings is 2. The fourth-order valence-corrected chi connectivity index (χ4v) is 4.33. The topological polar surface area (TPSA) is 105 Å². The summed E-state index contributed by atoms with van der Waals surface area (Å²) in [5.74, 6) is 1.59. The monoisotopic (exact) mass is 440 g/mol. The van der Waals surface area contributed by atoms with Gasteiger partial charge in [0.25, 0.3) is 5.89 Å². The molecule has 31 heavy (non-hydrogen) atoms. The van der Waals surface area contributed by atoms with Crippen molar-refractivity contribution in [2.75, 3.05) is 14.2 Å². The highest BCUT2D eigenvalue weighted by atomic mass is 32.2. The van der Waals surface area contributed by atoms with Gasteiger partial charge in [0.05, 0.1) is 19.1 Å². The summed E-state index contributed by atoms with van der Waals surface area (Å²) in [6, 6.07) is 15.3. The Bertz CT molecular complexity index is 1320. The van der Waals surface area contributed by atoms with Crippen molar-refractivity contribution in [2.45, 2.75) is 17.6 Å². The van der Waals surface area contributed by atoms with Gasteiger partial charge in [0.1, 0.15) is 11.5 Å². The number of nitrogens with zero attached hydrogens (tertiary/aromatic N) is 2. The van der Waals surface area contributed by atoms with Crippen molar-refractivity contribution in [2.24, 2.45) is 0 Å². The second kappa shape index (κ2) is 8.27. The van der Waals surface area contributed by atoms with Crippen molar-refractivity contribution in [1.82, 2.24) is 10.1 Å². The molecule has 160 valence electrons. The van der Waals surface area contributed by atoms with E-state index in [4.69, 9.17) is 18.4 Å². The van der Waals surface area contributed by atoms with Gasteiger partial charge in [-0.3, -0.25) is 0 Å². The maximum Gasteiger partial charge on any atom is 0.293 e. The molecule has 8 nitrogen and oxygen atoms in total. The fraction of sp³-hybridized carbons (Fsp3) is 0.182.